The molecule has 1 saturated heterocycles. The number of hydrogen-bond donors (Lipinski definition) is 1. The van der Waals surface area contributed by atoms with Crippen molar-refractivity contribution in [2.75, 3.05) is 19.8 Å². The second-order valence-electron chi connectivity index (χ2n) is 5.41. The lowest BCUT2D eigenvalue weighted by Crippen LogP contribution is -2.43. The van der Waals surface area contributed by atoms with Gasteiger partial charge in [0.25, 0.3) is 0 Å². The van der Waals surface area contributed by atoms with Crippen molar-refractivity contribution < 1.29 is 4.74 Å². The van der Waals surface area contributed by atoms with E-state index in [9.17, 15) is 0 Å². The minimum Gasteiger partial charge on any atom is -0.379 e. The summed E-state index contributed by atoms with van der Waals surface area (Å²) in [5.41, 5.74) is 2.05. The predicted molar refractivity (Wildman–Crippen MR) is 72.1 cm³/mol. The first-order chi connectivity index (χ1) is 9.42. The Labute approximate surface area is 112 Å². The Morgan fingerprint density at radius 1 is 1.42 bits per heavy atom. The molecule has 5 heteroatoms. The summed E-state index contributed by atoms with van der Waals surface area (Å²) in [5.74, 6) is 1.15. The molecule has 2 fully saturated rings. The van der Waals surface area contributed by atoms with Crippen molar-refractivity contribution in [2.45, 2.75) is 31.3 Å². The molecule has 0 bridgehead atoms. The number of hydrogen-bond acceptors (Lipinski definition) is 4. The molecule has 4 rings (SSSR count). The molecule has 1 saturated carbocycles. The fraction of sp³-hybridized carbons (Fsp3) is 0.571. The number of ether oxygens (including phenoxy) is 1. The van der Waals surface area contributed by atoms with E-state index in [-0.39, 0.29) is 0 Å². The number of aromatic nitrogens is 3. The molecule has 0 radical (unpaired) electrons. The molecule has 1 N–H and O–H groups in total. The molecule has 2 aromatic heterocycles. The fourth-order valence-corrected chi connectivity index (χ4v) is 2.81. The average Bonchev–Trinajstić information content (AvgIpc) is 3.21. The third-order valence-electron chi connectivity index (χ3n) is 3.86. The van der Waals surface area contributed by atoms with Crippen LogP contribution < -0.4 is 5.32 Å². The maximum Gasteiger partial charge on any atom is 0.160 e. The summed E-state index contributed by atoms with van der Waals surface area (Å²) in [6.07, 6.45) is 5.29. The van der Waals surface area contributed by atoms with Crippen LogP contribution in [0.5, 0.6) is 0 Å². The minimum absolute atomic E-state index is 0.378. The summed E-state index contributed by atoms with van der Waals surface area (Å²) in [6.45, 7) is 2.53. The van der Waals surface area contributed by atoms with Crippen molar-refractivity contribution in [1.82, 2.24) is 19.9 Å². The first-order valence-electron chi connectivity index (χ1n) is 7.05. The molecular weight excluding hydrogens is 240 g/mol. The zero-order valence-electron chi connectivity index (χ0n) is 10.9. The number of nitrogens with one attached hydrogen (secondary N) is 1. The van der Waals surface area contributed by atoms with Crippen molar-refractivity contribution in [2.24, 2.45) is 0 Å². The molecule has 0 spiro atoms. The van der Waals surface area contributed by atoms with Gasteiger partial charge in [-0.3, -0.25) is 0 Å². The van der Waals surface area contributed by atoms with Crippen LogP contribution in [-0.4, -0.2) is 40.3 Å². The molecule has 100 valence electrons. The van der Waals surface area contributed by atoms with Gasteiger partial charge in [0.2, 0.25) is 0 Å². The third-order valence-corrected chi connectivity index (χ3v) is 3.86. The maximum absolute atomic E-state index is 5.53. The van der Waals surface area contributed by atoms with E-state index in [0.717, 1.165) is 43.2 Å². The van der Waals surface area contributed by atoms with E-state index in [1.807, 2.05) is 12.3 Å². The van der Waals surface area contributed by atoms with E-state index < -0.39 is 0 Å². The van der Waals surface area contributed by atoms with Crippen molar-refractivity contribution in [3.05, 3.63) is 24.2 Å². The first-order valence-corrected chi connectivity index (χ1v) is 7.05. The molecule has 1 aliphatic carbocycles. The van der Waals surface area contributed by atoms with Crippen molar-refractivity contribution in [3.8, 4) is 0 Å². The number of morpholine rings is 1. The quantitative estimate of drug-likeness (QED) is 0.901. The summed E-state index contributed by atoms with van der Waals surface area (Å²) in [6, 6.07) is 5.00. The highest BCUT2D eigenvalue weighted by atomic mass is 16.5. The van der Waals surface area contributed by atoms with Gasteiger partial charge in [-0.1, -0.05) is 0 Å². The predicted octanol–water partition coefficient (Wildman–Crippen LogP) is 1.30. The SMILES string of the molecule is c1cnc2c(c1)nc(CC1COCCN1)n2C1CC1. The van der Waals surface area contributed by atoms with Crippen LogP contribution in [-0.2, 0) is 11.2 Å². The van der Waals surface area contributed by atoms with Crippen LogP contribution in [0.1, 0.15) is 24.7 Å². The smallest absolute Gasteiger partial charge is 0.160 e. The zero-order valence-corrected chi connectivity index (χ0v) is 10.9. The Morgan fingerprint density at radius 2 is 2.37 bits per heavy atom. The van der Waals surface area contributed by atoms with E-state index in [2.05, 4.69) is 20.9 Å². The Balaban J connectivity index is 1.69. The second-order valence-corrected chi connectivity index (χ2v) is 5.41. The van der Waals surface area contributed by atoms with Crippen LogP contribution in [0.15, 0.2) is 18.3 Å². The monoisotopic (exact) mass is 258 g/mol. The molecular formula is C14H18N4O. The van der Waals surface area contributed by atoms with Crippen LogP contribution in [0, 0.1) is 0 Å². The summed E-state index contributed by atoms with van der Waals surface area (Å²) in [5, 5.41) is 3.50. The topological polar surface area (TPSA) is 52.0 Å². The number of rotatable bonds is 3. The van der Waals surface area contributed by atoms with Gasteiger partial charge in [0.05, 0.1) is 13.2 Å². The number of imidazole rings is 1. The molecule has 1 unspecified atom stereocenters. The molecule has 2 aliphatic rings. The van der Waals surface area contributed by atoms with E-state index >= 15 is 0 Å². The molecule has 1 atom stereocenters. The van der Waals surface area contributed by atoms with E-state index in [1.165, 1.54) is 12.8 Å². The van der Waals surface area contributed by atoms with Crippen molar-refractivity contribution in [3.63, 3.8) is 0 Å². The summed E-state index contributed by atoms with van der Waals surface area (Å²) >= 11 is 0. The highest BCUT2D eigenvalue weighted by molar-refractivity contribution is 5.71. The van der Waals surface area contributed by atoms with E-state index in [0.29, 0.717) is 12.1 Å². The van der Waals surface area contributed by atoms with Crippen LogP contribution in [0.4, 0.5) is 0 Å². The lowest BCUT2D eigenvalue weighted by atomic mass is 10.2. The van der Waals surface area contributed by atoms with Gasteiger partial charge >= 0.3 is 0 Å². The number of fused-ring (bicyclic) bond motifs is 1. The summed E-state index contributed by atoms with van der Waals surface area (Å²) in [4.78, 5) is 9.28. The standard InChI is InChI=1S/C14H18N4O/c1-2-12-14(16-5-1)18(11-3-4-11)13(17-12)8-10-9-19-7-6-15-10/h1-2,5,10-11,15H,3-4,6-9H2. The Morgan fingerprint density at radius 3 is 3.16 bits per heavy atom. The lowest BCUT2D eigenvalue weighted by molar-refractivity contribution is 0.0761. The Kier molecular flexibility index (Phi) is 2.74. The lowest BCUT2D eigenvalue weighted by Gasteiger charge is -2.23. The Bertz CT molecular complexity index is 584. The molecule has 0 amide bonds. The number of pyridine rings is 1. The molecule has 0 aromatic carbocycles. The summed E-state index contributed by atoms with van der Waals surface area (Å²) in [7, 11) is 0. The van der Waals surface area contributed by atoms with E-state index in [1.54, 1.807) is 0 Å². The van der Waals surface area contributed by atoms with Gasteiger partial charge in [0.15, 0.2) is 5.65 Å². The van der Waals surface area contributed by atoms with Gasteiger partial charge in [-0.15, -0.1) is 0 Å². The fourth-order valence-electron chi connectivity index (χ4n) is 2.81. The average molecular weight is 258 g/mol. The largest absolute Gasteiger partial charge is 0.379 e. The van der Waals surface area contributed by atoms with Gasteiger partial charge < -0.3 is 14.6 Å². The van der Waals surface area contributed by atoms with Crippen LogP contribution in [0.2, 0.25) is 0 Å². The van der Waals surface area contributed by atoms with Crippen LogP contribution in [0.25, 0.3) is 11.2 Å². The van der Waals surface area contributed by atoms with Crippen molar-refractivity contribution in [1.29, 1.82) is 0 Å². The molecule has 3 heterocycles. The van der Waals surface area contributed by atoms with Crippen LogP contribution >= 0.6 is 0 Å². The molecule has 2 aromatic rings. The van der Waals surface area contributed by atoms with Gasteiger partial charge in [-0.2, -0.15) is 0 Å². The molecule has 5 nitrogen and oxygen atoms in total. The third kappa shape index (κ3) is 2.13. The van der Waals surface area contributed by atoms with E-state index in [4.69, 9.17) is 9.72 Å². The number of nitrogens with zero attached hydrogens (tertiary/aromatic N) is 3. The molecule has 1 aliphatic heterocycles. The maximum atomic E-state index is 5.53. The van der Waals surface area contributed by atoms with Gasteiger partial charge in [0, 0.05) is 31.2 Å². The summed E-state index contributed by atoms with van der Waals surface area (Å²) < 4.78 is 7.87. The minimum atomic E-state index is 0.378. The highest BCUT2D eigenvalue weighted by Crippen LogP contribution is 2.38. The first kappa shape index (κ1) is 11.4. The molecule has 19 heavy (non-hydrogen) atoms. The van der Waals surface area contributed by atoms with Gasteiger partial charge in [-0.25, -0.2) is 9.97 Å². The highest BCUT2D eigenvalue weighted by Gasteiger charge is 2.29. The van der Waals surface area contributed by atoms with Crippen molar-refractivity contribution >= 4 is 11.2 Å². The van der Waals surface area contributed by atoms with Gasteiger partial charge in [0.1, 0.15) is 11.3 Å². The van der Waals surface area contributed by atoms with Gasteiger partial charge in [-0.05, 0) is 25.0 Å². The van der Waals surface area contributed by atoms with Crippen LogP contribution in [0.3, 0.4) is 0 Å². The Hall–Kier alpha value is -1.46. The normalized spacial score (nSPS) is 23.9. The zero-order chi connectivity index (χ0) is 12.7. The second kappa shape index (κ2) is 4.58.